The Hall–Kier alpha value is -1.81. The van der Waals surface area contributed by atoms with Gasteiger partial charge in [0.25, 0.3) is 0 Å². The number of likely N-dealkylation sites (N-methyl/N-ethyl adjacent to an activating group) is 1. The molecule has 0 saturated heterocycles. The van der Waals surface area contributed by atoms with E-state index in [-0.39, 0.29) is 28.6 Å². The van der Waals surface area contributed by atoms with Gasteiger partial charge < -0.3 is 10.2 Å². The van der Waals surface area contributed by atoms with E-state index < -0.39 is 0 Å². The van der Waals surface area contributed by atoms with E-state index >= 15 is 0 Å². The summed E-state index contributed by atoms with van der Waals surface area (Å²) < 4.78 is 0. The molecule has 0 spiro atoms. The standard InChI is InChI=1S/C27H35ClN2O2/c1-26-14-12-20-18(8-11-23-27(20,2)15-13-24(31)30(23)3)19(26)9-10-21(26)25(32)29-16-17-6-4-5-7-22(17)28/h4-7,13,15,18-21,23H,8-12,14,16H2,1-3H3,(H,29,32)/t18-,19-,20-,21+,23+,26-,27+/m0/s1. The maximum atomic E-state index is 13.3. The average molecular weight is 455 g/mol. The van der Waals surface area contributed by atoms with E-state index in [0.29, 0.717) is 35.4 Å². The number of benzene rings is 1. The number of fused-ring (bicyclic) bond motifs is 5. The van der Waals surface area contributed by atoms with Gasteiger partial charge in [-0.3, -0.25) is 9.59 Å². The van der Waals surface area contributed by atoms with Gasteiger partial charge in [0, 0.05) is 36.0 Å². The van der Waals surface area contributed by atoms with Gasteiger partial charge in [0.05, 0.1) is 0 Å². The van der Waals surface area contributed by atoms with Gasteiger partial charge in [-0.15, -0.1) is 0 Å². The van der Waals surface area contributed by atoms with Gasteiger partial charge in [-0.2, -0.15) is 0 Å². The van der Waals surface area contributed by atoms with Gasteiger partial charge in [0.1, 0.15) is 0 Å². The molecule has 172 valence electrons. The highest BCUT2D eigenvalue weighted by atomic mass is 35.5. The fraction of sp³-hybridized carbons (Fsp3) is 0.630. The zero-order chi connectivity index (χ0) is 22.7. The third-order valence-corrected chi connectivity index (χ3v) is 10.2. The van der Waals surface area contributed by atoms with Crippen LogP contribution in [0, 0.1) is 34.5 Å². The van der Waals surface area contributed by atoms with E-state index in [4.69, 9.17) is 11.6 Å². The number of nitrogens with one attached hydrogen (secondary N) is 1. The van der Waals surface area contributed by atoms with Crippen molar-refractivity contribution < 1.29 is 9.59 Å². The Bertz CT molecular complexity index is 961. The highest BCUT2D eigenvalue weighted by Crippen LogP contribution is 2.65. The predicted octanol–water partition coefficient (Wildman–Crippen LogP) is 5.21. The Morgan fingerprint density at radius 2 is 1.91 bits per heavy atom. The van der Waals surface area contributed by atoms with Crippen LogP contribution in [0.5, 0.6) is 0 Å². The number of nitrogens with zero attached hydrogens (tertiary/aromatic N) is 1. The van der Waals surface area contributed by atoms with Crippen molar-refractivity contribution in [3.8, 4) is 0 Å². The normalized spacial score (nSPS) is 40.4. The number of rotatable bonds is 3. The van der Waals surface area contributed by atoms with Gasteiger partial charge in [-0.25, -0.2) is 0 Å². The fourth-order valence-corrected chi connectivity index (χ4v) is 8.32. The van der Waals surface area contributed by atoms with Crippen LogP contribution in [0.25, 0.3) is 0 Å². The lowest BCUT2D eigenvalue weighted by atomic mass is 9.47. The molecule has 5 rings (SSSR count). The topological polar surface area (TPSA) is 49.4 Å². The lowest BCUT2D eigenvalue weighted by molar-refractivity contribution is -0.142. The molecule has 3 saturated carbocycles. The molecule has 4 nitrogen and oxygen atoms in total. The summed E-state index contributed by atoms with van der Waals surface area (Å²) in [7, 11) is 1.97. The molecule has 3 fully saturated rings. The van der Waals surface area contributed by atoms with E-state index in [1.54, 1.807) is 6.08 Å². The van der Waals surface area contributed by atoms with E-state index in [1.165, 1.54) is 6.42 Å². The number of carbonyl (C=O) groups is 2. The molecule has 32 heavy (non-hydrogen) atoms. The SMILES string of the molecule is CN1C(=O)C=C[C@]2(C)[C@H]3CC[C@]4(C)[C@@H](C(=O)NCc5ccccc5Cl)CC[C@H]4[C@@H]3CC[C@@H]12. The third kappa shape index (κ3) is 3.24. The summed E-state index contributed by atoms with van der Waals surface area (Å²) in [5, 5.41) is 3.90. The van der Waals surface area contributed by atoms with Crippen molar-refractivity contribution in [2.45, 2.75) is 65.0 Å². The maximum Gasteiger partial charge on any atom is 0.246 e. The van der Waals surface area contributed by atoms with E-state index in [1.807, 2.05) is 36.2 Å². The third-order valence-electron chi connectivity index (χ3n) is 9.86. The van der Waals surface area contributed by atoms with Crippen molar-refractivity contribution in [2.75, 3.05) is 7.05 Å². The van der Waals surface area contributed by atoms with Gasteiger partial charge in [-0.05, 0) is 79.4 Å². The molecule has 3 aliphatic carbocycles. The summed E-state index contributed by atoms with van der Waals surface area (Å²) in [5.41, 5.74) is 1.09. The van der Waals surface area contributed by atoms with Gasteiger partial charge in [0.2, 0.25) is 11.8 Å². The predicted molar refractivity (Wildman–Crippen MR) is 127 cm³/mol. The Morgan fingerprint density at radius 3 is 2.69 bits per heavy atom. The van der Waals surface area contributed by atoms with Crippen LogP contribution in [-0.4, -0.2) is 29.8 Å². The van der Waals surface area contributed by atoms with Crippen LogP contribution in [-0.2, 0) is 16.1 Å². The van der Waals surface area contributed by atoms with Crippen molar-refractivity contribution in [2.24, 2.45) is 34.5 Å². The number of halogens is 1. The number of carbonyl (C=O) groups excluding carboxylic acids is 2. The van der Waals surface area contributed by atoms with Crippen LogP contribution >= 0.6 is 11.6 Å². The molecule has 7 atom stereocenters. The van der Waals surface area contributed by atoms with Crippen molar-refractivity contribution in [1.29, 1.82) is 0 Å². The molecule has 1 aliphatic heterocycles. The second-order valence-electron chi connectivity index (χ2n) is 11.1. The summed E-state index contributed by atoms with van der Waals surface area (Å²) in [5.74, 6) is 2.23. The van der Waals surface area contributed by atoms with Crippen molar-refractivity contribution in [3.05, 3.63) is 47.0 Å². The Kier molecular flexibility index (Phi) is 5.43. The van der Waals surface area contributed by atoms with Crippen molar-refractivity contribution in [3.63, 3.8) is 0 Å². The van der Waals surface area contributed by atoms with E-state index in [2.05, 4.69) is 25.2 Å². The molecular formula is C27H35ClN2O2. The lowest BCUT2D eigenvalue weighted by Crippen LogP contribution is -2.59. The molecule has 0 bridgehead atoms. The zero-order valence-corrected chi connectivity index (χ0v) is 20.2. The molecule has 1 aromatic rings. The first-order valence-electron chi connectivity index (χ1n) is 12.2. The molecule has 1 aromatic carbocycles. The summed E-state index contributed by atoms with van der Waals surface area (Å²) >= 11 is 6.29. The minimum atomic E-state index is 0.0529. The fourth-order valence-electron chi connectivity index (χ4n) is 8.12. The van der Waals surface area contributed by atoms with Crippen LogP contribution in [0.1, 0.15) is 57.9 Å². The highest BCUT2D eigenvalue weighted by Gasteiger charge is 2.61. The molecule has 2 amide bonds. The summed E-state index contributed by atoms with van der Waals surface area (Å²) in [6, 6.07) is 8.04. The number of hydrogen-bond acceptors (Lipinski definition) is 2. The van der Waals surface area contributed by atoms with Crippen LogP contribution in [0.2, 0.25) is 5.02 Å². The van der Waals surface area contributed by atoms with Crippen LogP contribution < -0.4 is 5.32 Å². The van der Waals surface area contributed by atoms with E-state index in [0.717, 1.165) is 37.7 Å². The number of hydrogen-bond donors (Lipinski definition) is 1. The van der Waals surface area contributed by atoms with Gasteiger partial charge >= 0.3 is 0 Å². The Morgan fingerprint density at radius 1 is 1.12 bits per heavy atom. The molecule has 1 heterocycles. The second kappa shape index (κ2) is 7.90. The zero-order valence-electron chi connectivity index (χ0n) is 19.4. The monoisotopic (exact) mass is 454 g/mol. The molecule has 5 heteroatoms. The second-order valence-corrected chi connectivity index (χ2v) is 11.5. The highest BCUT2D eigenvalue weighted by molar-refractivity contribution is 6.31. The van der Waals surface area contributed by atoms with Gasteiger partial charge in [-0.1, -0.05) is 49.7 Å². The number of amides is 2. The lowest BCUT2D eigenvalue weighted by Gasteiger charge is -2.60. The van der Waals surface area contributed by atoms with Crippen LogP contribution in [0.15, 0.2) is 36.4 Å². The first kappa shape index (κ1) is 22.0. The minimum Gasteiger partial charge on any atom is -0.352 e. The quantitative estimate of drug-likeness (QED) is 0.681. The van der Waals surface area contributed by atoms with Crippen molar-refractivity contribution in [1.82, 2.24) is 10.2 Å². The summed E-state index contributed by atoms with van der Waals surface area (Å²) in [6.45, 7) is 5.24. The largest absolute Gasteiger partial charge is 0.352 e. The van der Waals surface area contributed by atoms with Gasteiger partial charge in [0.15, 0.2) is 0 Å². The van der Waals surface area contributed by atoms with E-state index in [9.17, 15) is 9.59 Å². The van der Waals surface area contributed by atoms with Crippen LogP contribution in [0.3, 0.4) is 0 Å². The first-order chi connectivity index (χ1) is 15.3. The molecule has 0 aromatic heterocycles. The average Bonchev–Trinajstić information content (AvgIpc) is 3.13. The molecular weight excluding hydrogens is 420 g/mol. The smallest absolute Gasteiger partial charge is 0.246 e. The molecule has 0 unspecified atom stereocenters. The summed E-state index contributed by atoms with van der Waals surface area (Å²) in [4.78, 5) is 27.6. The Labute approximate surface area is 196 Å². The molecule has 0 radical (unpaired) electrons. The molecule has 1 N–H and O–H groups in total. The maximum absolute atomic E-state index is 13.3. The van der Waals surface area contributed by atoms with Crippen molar-refractivity contribution >= 4 is 23.4 Å². The Balaban J connectivity index is 1.33. The summed E-state index contributed by atoms with van der Waals surface area (Å²) in [6.07, 6.45) is 10.6. The van der Waals surface area contributed by atoms with Crippen LogP contribution in [0.4, 0.5) is 0 Å². The first-order valence-corrected chi connectivity index (χ1v) is 12.6. The molecule has 4 aliphatic rings. The minimum absolute atomic E-state index is 0.0529.